The van der Waals surface area contributed by atoms with Crippen LogP contribution in [0.25, 0.3) is 10.9 Å². The van der Waals surface area contributed by atoms with E-state index in [1.165, 1.54) is 0 Å². The van der Waals surface area contributed by atoms with Crippen LogP contribution in [0.15, 0.2) is 30.5 Å². The van der Waals surface area contributed by atoms with Crippen LogP contribution in [-0.4, -0.2) is 22.1 Å². The Kier molecular flexibility index (Phi) is 3.37. The molecule has 2 aromatic rings. The zero-order valence-corrected chi connectivity index (χ0v) is 11.5. The number of carbonyl (C=O) groups is 1. The van der Waals surface area contributed by atoms with Crippen molar-refractivity contribution in [2.24, 2.45) is 11.1 Å². The molecular weight excluding hydrogens is 240 g/mol. The van der Waals surface area contributed by atoms with E-state index in [0.29, 0.717) is 0 Å². The van der Waals surface area contributed by atoms with Crippen LogP contribution in [0, 0.1) is 5.41 Å². The predicted octanol–water partition coefficient (Wildman–Crippen LogP) is 2.71. The van der Waals surface area contributed by atoms with Crippen molar-refractivity contribution in [2.45, 2.75) is 32.7 Å². The fourth-order valence-electron chi connectivity index (χ4n) is 2.69. The molecule has 0 spiro atoms. The standard InChI is InChI=1S/C15H20N2O2/c1-15(2,3)12(13(16)14(18)19)10-8-17-11-7-5-4-6-9(10)11/h4-8,12-13,17H,16H2,1-3H3,(H,18,19). The highest BCUT2D eigenvalue weighted by atomic mass is 16.4. The first-order chi connectivity index (χ1) is 8.82. The average molecular weight is 260 g/mol. The first-order valence-electron chi connectivity index (χ1n) is 6.37. The Bertz CT molecular complexity index is 595. The number of para-hydroxylation sites is 1. The first-order valence-corrected chi connectivity index (χ1v) is 6.37. The van der Waals surface area contributed by atoms with Gasteiger partial charge in [0.05, 0.1) is 0 Å². The van der Waals surface area contributed by atoms with Gasteiger partial charge in [0.25, 0.3) is 0 Å². The summed E-state index contributed by atoms with van der Waals surface area (Å²) in [6, 6.07) is 6.95. The molecule has 2 rings (SSSR count). The van der Waals surface area contributed by atoms with Crippen molar-refractivity contribution >= 4 is 16.9 Å². The number of benzene rings is 1. The number of nitrogens with one attached hydrogen (secondary N) is 1. The number of nitrogens with two attached hydrogens (primary N) is 1. The molecule has 0 aliphatic rings. The molecule has 0 amide bonds. The topological polar surface area (TPSA) is 79.1 Å². The van der Waals surface area contributed by atoms with E-state index in [1.807, 2.05) is 51.2 Å². The molecule has 1 aromatic carbocycles. The maximum absolute atomic E-state index is 11.3. The molecule has 4 nitrogen and oxygen atoms in total. The molecule has 0 aliphatic heterocycles. The highest BCUT2D eigenvalue weighted by Crippen LogP contribution is 2.40. The van der Waals surface area contributed by atoms with Crippen LogP contribution in [0.2, 0.25) is 0 Å². The van der Waals surface area contributed by atoms with E-state index < -0.39 is 12.0 Å². The molecule has 102 valence electrons. The van der Waals surface area contributed by atoms with Gasteiger partial charge < -0.3 is 15.8 Å². The van der Waals surface area contributed by atoms with Gasteiger partial charge in [-0.1, -0.05) is 39.0 Å². The van der Waals surface area contributed by atoms with Gasteiger partial charge >= 0.3 is 5.97 Å². The molecule has 0 bridgehead atoms. The summed E-state index contributed by atoms with van der Waals surface area (Å²) in [5, 5.41) is 10.3. The molecule has 2 atom stereocenters. The number of aromatic nitrogens is 1. The van der Waals surface area contributed by atoms with Crippen LogP contribution in [0.3, 0.4) is 0 Å². The molecule has 0 saturated carbocycles. The van der Waals surface area contributed by atoms with E-state index in [9.17, 15) is 9.90 Å². The van der Waals surface area contributed by atoms with Crippen LogP contribution < -0.4 is 5.73 Å². The SMILES string of the molecule is CC(C)(C)C(c1c[nH]c2ccccc12)C(N)C(=O)O. The van der Waals surface area contributed by atoms with Gasteiger partial charge in [0, 0.05) is 23.0 Å². The molecule has 1 aromatic heterocycles. The van der Waals surface area contributed by atoms with E-state index >= 15 is 0 Å². The molecule has 0 aliphatic carbocycles. The largest absolute Gasteiger partial charge is 0.480 e. The van der Waals surface area contributed by atoms with Crippen molar-refractivity contribution in [3.63, 3.8) is 0 Å². The Morgan fingerprint density at radius 2 is 1.95 bits per heavy atom. The van der Waals surface area contributed by atoms with Crippen molar-refractivity contribution in [3.05, 3.63) is 36.0 Å². The van der Waals surface area contributed by atoms with Crippen molar-refractivity contribution in [1.82, 2.24) is 4.98 Å². The van der Waals surface area contributed by atoms with Gasteiger partial charge in [-0.2, -0.15) is 0 Å². The van der Waals surface area contributed by atoms with Gasteiger partial charge in [0.2, 0.25) is 0 Å². The lowest BCUT2D eigenvalue weighted by atomic mass is 9.72. The van der Waals surface area contributed by atoms with Crippen LogP contribution in [-0.2, 0) is 4.79 Å². The molecular formula is C15H20N2O2. The lowest BCUT2D eigenvalue weighted by Crippen LogP contribution is -2.42. The highest BCUT2D eigenvalue weighted by Gasteiger charge is 2.36. The third-order valence-electron chi connectivity index (χ3n) is 3.53. The minimum absolute atomic E-state index is 0.233. The summed E-state index contributed by atoms with van der Waals surface area (Å²) in [4.78, 5) is 14.5. The lowest BCUT2D eigenvalue weighted by molar-refractivity contribution is -0.139. The van der Waals surface area contributed by atoms with Crippen molar-refractivity contribution in [1.29, 1.82) is 0 Å². The predicted molar refractivity (Wildman–Crippen MR) is 76.1 cm³/mol. The average Bonchev–Trinajstić information content (AvgIpc) is 2.71. The number of rotatable bonds is 3. The Morgan fingerprint density at radius 3 is 2.53 bits per heavy atom. The third-order valence-corrected chi connectivity index (χ3v) is 3.53. The Balaban J connectivity index is 2.58. The van der Waals surface area contributed by atoms with Crippen LogP contribution in [0.1, 0.15) is 32.3 Å². The van der Waals surface area contributed by atoms with Crippen LogP contribution in [0.4, 0.5) is 0 Å². The van der Waals surface area contributed by atoms with Crippen molar-refractivity contribution in [3.8, 4) is 0 Å². The molecule has 19 heavy (non-hydrogen) atoms. The smallest absolute Gasteiger partial charge is 0.321 e. The fraction of sp³-hybridized carbons (Fsp3) is 0.400. The zero-order chi connectivity index (χ0) is 14.2. The van der Waals surface area contributed by atoms with Gasteiger partial charge in [-0.3, -0.25) is 4.79 Å². The molecule has 0 saturated heterocycles. The number of carboxylic acids is 1. The quantitative estimate of drug-likeness (QED) is 0.793. The molecule has 4 N–H and O–H groups in total. The normalized spacial score (nSPS) is 15.4. The second-order valence-corrected chi connectivity index (χ2v) is 6.00. The summed E-state index contributed by atoms with van der Waals surface area (Å²) < 4.78 is 0. The number of carboxylic acid groups (broad SMARTS) is 1. The maximum atomic E-state index is 11.3. The van der Waals surface area contributed by atoms with Gasteiger partial charge in [0.15, 0.2) is 0 Å². The van der Waals surface area contributed by atoms with Crippen molar-refractivity contribution < 1.29 is 9.90 Å². The minimum atomic E-state index is -0.967. The molecule has 4 heteroatoms. The number of aliphatic carboxylic acids is 1. The third kappa shape index (κ3) is 2.49. The second-order valence-electron chi connectivity index (χ2n) is 6.00. The van der Waals surface area contributed by atoms with E-state index in [2.05, 4.69) is 4.98 Å². The first kappa shape index (κ1) is 13.6. The van der Waals surface area contributed by atoms with Gasteiger partial charge in [-0.25, -0.2) is 0 Å². The van der Waals surface area contributed by atoms with Gasteiger partial charge in [-0.05, 0) is 17.0 Å². The molecule has 0 fully saturated rings. The summed E-state index contributed by atoms with van der Waals surface area (Å²) in [6.07, 6.45) is 1.88. The number of fused-ring (bicyclic) bond motifs is 1. The molecule has 1 heterocycles. The number of aromatic amines is 1. The van der Waals surface area contributed by atoms with E-state index in [-0.39, 0.29) is 11.3 Å². The van der Waals surface area contributed by atoms with E-state index in [4.69, 9.17) is 5.73 Å². The van der Waals surface area contributed by atoms with E-state index in [1.54, 1.807) is 0 Å². The fourth-order valence-corrected chi connectivity index (χ4v) is 2.69. The molecule has 0 radical (unpaired) electrons. The Labute approximate surface area is 112 Å². The summed E-state index contributed by atoms with van der Waals surface area (Å²) in [6.45, 7) is 6.05. The zero-order valence-electron chi connectivity index (χ0n) is 11.5. The Hall–Kier alpha value is -1.81. The number of hydrogen-bond acceptors (Lipinski definition) is 2. The minimum Gasteiger partial charge on any atom is -0.480 e. The van der Waals surface area contributed by atoms with E-state index in [0.717, 1.165) is 16.5 Å². The maximum Gasteiger partial charge on any atom is 0.321 e. The van der Waals surface area contributed by atoms with Gasteiger partial charge in [-0.15, -0.1) is 0 Å². The summed E-state index contributed by atoms with van der Waals surface area (Å²) in [5.74, 6) is -1.22. The van der Waals surface area contributed by atoms with Gasteiger partial charge in [0.1, 0.15) is 6.04 Å². The lowest BCUT2D eigenvalue weighted by Gasteiger charge is -2.33. The second kappa shape index (κ2) is 4.70. The number of hydrogen-bond donors (Lipinski definition) is 3. The van der Waals surface area contributed by atoms with Crippen LogP contribution in [0.5, 0.6) is 0 Å². The van der Waals surface area contributed by atoms with Crippen LogP contribution >= 0.6 is 0 Å². The summed E-state index contributed by atoms with van der Waals surface area (Å²) >= 11 is 0. The monoisotopic (exact) mass is 260 g/mol. The molecule has 2 unspecified atom stereocenters. The highest BCUT2D eigenvalue weighted by molar-refractivity contribution is 5.85. The van der Waals surface area contributed by atoms with Crippen molar-refractivity contribution in [2.75, 3.05) is 0 Å². The summed E-state index contributed by atoms with van der Waals surface area (Å²) in [7, 11) is 0. The number of H-pyrrole nitrogens is 1. The summed E-state index contributed by atoms with van der Waals surface area (Å²) in [5.41, 5.74) is 7.66. The Morgan fingerprint density at radius 1 is 1.32 bits per heavy atom.